The van der Waals surface area contributed by atoms with Crippen LogP contribution in [0.2, 0.25) is 0 Å². The van der Waals surface area contributed by atoms with Crippen molar-refractivity contribution >= 4 is 5.97 Å². The van der Waals surface area contributed by atoms with Gasteiger partial charge in [0.05, 0.1) is 0 Å². The van der Waals surface area contributed by atoms with Gasteiger partial charge in [-0.15, -0.1) is 0 Å². The van der Waals surface area contributed by atoms with Crippen LogP contribution in [0, 0.1) is 11.8 Å². The molecule has 3 atom stereocenters. The largest absolute Gasteiger partial charge is 0.487 e. The van der Waals surface area contributed by atoms with Gasteiger partial charge in [0.2, 0.25) is 0 Å². The van der Waals surface area contributed by atoms with Crippen LogP contribution in [-0.2, 0) is 9.53 Å². The van der Waals surface area contributed by atoms with Crippen LogP contribution in [0.25, 0.3) is 0 Å². The maximum Gasteiger partial charge on any atom is 0.333 e. The molecule has 1 aliphatic carbocycles. The lowest BCUT2D eigenvalue weighted by atomic mass is 9.73. The third-order valence-electron chi connectivity index (χ3n) is 8.48. The minimum atomic E-state index is -0.264. The Morgan fingerprint density at radius 2 is 1.54 bits per heavy atom. The summed E-state index contributed by atoms with van der Waals surface area (Å²) < 4.78 is 12.0. The van der Waals surface area contributed by atoms with E-state index in [9.17, 15) is 4.79 Å². The minimum Gasteiger partial charge on any atom is -0.487 e. The number of hydrogen-bond acceptors (Lipinski definition) is 3. The fourth-order valence-corrected chi connectivity index (χ4v) is 6.03. The zero-order valence-corrected chi connectivity index (χ0v) is 22.7. The number of carbonyl (C=O) groups excluding carboxylic acids is 1. The molecule has 1 aromatic rings. The van der Waals surface area contributed by atoms with Crippen LogP contribution >= 0.6 is 0 Å². The van der Waals surface area contributed by atoms with Gasteiger partial charge in [0, 0.05) is 12.0 Å². The first-order valence-electron chi connectivity index (χ1n) is 14.7. The van der Waals surface area contributed by atoms with Crippen LogP contribution in [0.3, 0.4) is 0 Å². The number of carbonyl (C=O) groups is 1. The fourth-order valence-electron chi connectivity index (χ4n) is 6.03. The number of cyclic esters (lactones) is 1. The zero-order chi connectivity index (χ0) is 25.0. The van der Waals surface area contributed by atoms with Crippen molar-refractivity contribution in [3.8, 4) is 5.75 Å². The predicted molar refractivity (Wildman–Crippen MR) is 146 cm³/mol. The van der Waals surface area contributed by atoms with E-state index in [1.165, 1.54) is 82.6 Å². The molecular weight excluding hydrogens is 432 g/mol. The summed E-state index contributed by atoms with van der Waals surface area (Å²) in [5.41, 5.74) is 2.02. The molecule has 1 saturated carbocycles. The Hall–Kier alpha value is -1.77. The van der Waals surface area contributed by atoms with E-state index < -0.39 is 0 Å². The van der Waals surface area contributed by atoms with Gasteiger partial charge in [0.1, 0.15) is 18.0 Å². The van der Waals surface area contributed by atoms with Crippen molar-refractivity contribution < 1.29 is 14.3 Å². The normalized spacial score (nSPS) is 24.3. The van der Waals surface area contributed by atoms with E-state index in [2.05, 4.69) is 51.6 Å². The Balaban J connectivity index is 1.51. The number of rotatable bonds is 15. The van der Waals surface area contributed by atoms with Gasteiger partial charge in [-0.05, 0) is 74.0 Å². The van der Waals surface area contributed by atoms with Crippen LogP contribution in [0.4, 0.5) is 0 Å². The van der Waals surface area contributed by atoms with Crippen molar-refractivity contribution in [3.63, 3.8) is 0 Å². The van der Waals surface area contributed by atoms with Crippen molar-refractivity contribution in [2.45, 2.75) is 135 Å². The highest BCUT2D eigenvalue weighted by Crippen LogP contribution is 2.40. The zero-order valence-electron chi connectivity index (χ0n) is 22.7. The molecule has 1 heterocycles. The number of unbranched alkanes of at least 4 members (excludes halogenated alkanes) is 6. The van der Waals surface area contributed by atoms with E-state index in [-0.39, 0.29) is 18.2 Å². The summed E-state index contributed by atoms with van der Waals surface area (Å²) in [5.74, 6) is 3.08. The molecule has 0 radical (unpaired) electrons. The van der Waals surface area contributed by atoms with E-state index in [0.29, 0.717) is 17.9 Å². The third kappa shape index (κ3) is 8.69. The third-order valence-corrected chi connectivity index (χ3v) is 8.48. The summed E-state index contributed by atoms with van der Waals surface area (Å²) in [6.07, 6.45) is 18.1. The van der Waals surface area contributed by atoms with Crippen molar-refractivity contribution in [1.82, 2.24) is 0 Å². The molecule has 3 nitrogen and oxygen atoms in total. The first-order chi connectivity index (χ1) is 17.0. The standard InChI is InChI=1S/C32H50O3/c1-5-7-9-10-12-14-30(31-23-25(4)32(33)35-31)34-29-21-19-28(20-22-29)27-17-15-26(16-18-27)24(3)13-11-8-6-2/h19-22,24,26-27,30-31H,4-18,23H2,1-3H3. The summed E-state index contributed by atoms with van der Waals surface area (Å²) in [6, 6.07) is 8.79. The molecule has 0 N–H and O–H groups in total. The lowest BCUT2D eigenvalue weighted by Gasteiger charge is -2.32. The van der Waals surface area contributed by atoms with Crippen LogP contribution in [-0.4, -0.2) is 18.2 Å². The molecule has 3 unspecified atom stereocenters. The van der Waals surface area contributed by atoms with E-state index in [0.717, 1.165) is 30.4 Å². The van der Waals surface area contributed by atoms with Crippen LogP contribution in [0.15, 0.2) is 36.4 Å². The average Bonchev–Trinajstić information content (AvgIpc) is 3.21. The highest BCUT2D eigenvalue weighted by Gasteiger charge is 2.35. The van der Waals surface area contributed by atoms with Crippen molar-refractivity contribution in [3.05, 3.63) is 42.0 Å². The van der Waals surface area contributed by atoms with Crippen LogP contribution in [0.5, 0.6) is 5.75 Å². The Morgan fingerprint density at radius 1 is 0.914 bits per heavy atom. The lowest BCUT2D eigenvalue weighted by molar-refractivity contribution is -0.142. The summed E-state index contributed by atoms with van der Waals surface area (Å²) in [6.45, 7) is 10.9. The summed E-state index contributed by atoms with van der Waals surface area (Å²) in [5, 5.41) is 0. The number of benzene rings is 1. The first-order valence-corrected chi connectivity index (χ1v) is 14.7. The SMILES string of the molecule is C=C1CC(C(CCCCCCC)Oc2ccc(C3CCC(C(C)CCCCC)CC3)cc2)OC1=O. The van der Waals surface area contributed by atoms with E-state index in [1.54, 1.807) is 0 Å². The molecule has 0 aromatic heterocycles. The first kappa shape index (κ1) is 27.8. The van der Waals surface area contributed by atoms with Gasteiger partial charge in [-0.2, -0.15) is 0 Å². The molecule has 196 valence electrons. The number of hydrogen-bond donors (Lipinski definition) is 0. The van der Waals surface area contributed by atoms with E-state index >= 15 is 0 Å². The van der Waals surface area contributed by atoms with Gasteiger partial charge in [-0.25, -0.2) is 4.79 Å². The van der Waals surface area contributed by atoms with Gasteiger partial charge < -0.3 is 9.47 Å². The molecule has 2 fully saturated rings. The molecule has 1 saturated heterocycles. The van der Waals surface area contributed by atoms with Gasteiger partial charge >= 0.3 is 5.97 Å². The predicted octanol–water partition coefficient (Wildman–Crippen LogP) is 9.16. The Morgan fingerprint density at radius 3 is 2.17 bits per heavy atom. The molecule has 3 heteroatoms. The van der Waals surface area contributed by atoms with Gasteiger partial charge in [0.15, 0.2) is 0 Å². The second kappa shape index (κ2) is 14.7. The fraction of sp³-hybridized carbons (Fsp3) is 0.719. The van der Waals surface area contributed by atoms with E-state index in [4.69, 9.17) is 9.47 Å². The lowest BCUT2D eigenvalue weighted by Crippen LogP contribution is -2.31. The molecule has 0 spiro atoms. The van der Waals surface area contributed by atoms with Crippen LogP contribution < -0.4 is 4.74 Å². The Kier molecular flexibility index (Phi) is 11.7. The Labute approximate surface area is 215 Å². The smallest absolute Gasteiger partial charge is 0.333 e. The second-order valence-corrected chi connectivity index (χ2v) is 11.3. The molecule has 1 aromatic carbocycles. The maximum absolute atomic E-state index is 11.9. The number of esters is 1. The van der Waals surface area contributed by atoms with Gasteiger partial charge in [-0.3, -0.25) is 0 Å². The maximum atomic E-state index is 11.9. The quantitative estimate of drug-likeness (QED) is 0.142. The van der Waals surface area contributed by atoms with Gasteiger partial charge in [-0.1, -0.05) is 90.8 Å². The topological polar surface area (TPSA) is 35.5 Å². The van der Waals surface area contributed by atoms with Crippen molar-refractivity contribution in [2.24, 2.45) is 11.8 Å². The minimum absolute atomic E-state index is 0.102. The molecular formula is C32H50O3. The molecule has 3 rings (SSSR count). The highest BCUT2D eigenvalue weighted by atomic mass is 16.6. The van der Waals surface area contributed by atoms with Crippen molar-refractivity contribution in [1.29, 1.82) is 0 Å². The summed E-state index contributed by atoms with van der Waals surface area (Å²) in [4.78, 5) is 11.9. The van der Waals surface area contributed by atoms with Crippen LogP contribution in [0.1, 0.15) is 129 Å². The molecule has 1 aliphatic heterocycles. The van der Waals surface area contributed by atoms with Gasteiger partial charge in [0.25, 0.3) is 0 Å². The average molecular weight is 483 g/mol. The summed E-state index contributed by atoms with van der Waals surface area (Å²) >= 11 is 0. The van der Waals surface area contributed by atoms with E-state index in [1.807, 2.05) is 0 Å². The monoisotopic (exact) mass is 482 g/mol. The Bertz CT molecular complexity index is 744. The summed E-state index contributed by atoms with van der Waals surface area (Å²) in [7, 11) is 0. The molecule has 0 amide bonds. The number of ether oxygens (including phenoxy) is 2. The second-order valence-electron chi connectivity index (χ2n) is 11.3. The highest BCUT2D eigenvalue weighted by molar-refractivity contribution is 5.90. The molecule has 2 aliphatic rings. The molecule has 0 bridgehead atoms. The molecule has 35 heavy (non-hydrogen) atoms. The van der Waals surface area contributed by atoms with Crippen molar-refractivity contribution in [2.75, 3.05) is 0 Å².